The molecule has 1 rings (SSSR count). The van der Waals surface area contributed by atoms with Gasteiger partial charge in [-0.05, 0) is 33.7 Å². The minimum atomic E-state index is 0.180. The Labute approximate surface area is 63.4 Å². The average Bonchev–Trinajstić information content (AvgIpc) is 2.47. The number of likely N-dealkylation sites (N-methyl/N-ethyl adjacent to an activating group) is 1. The number of nitrogens with two attached hydrogens (primary N) is 1. The van der Waals surface area contributed by atoms with Gasteiger partial charge in [0.05, 0.1) is 0 Å². The molecular formula is C8H18N2. The lowest BCUT2D eigenvalue weighted by molar-refractivity contribution is 0.250. The Morgan fingerprint density at radius 2 is 2.00 bits per heavy atom. The summed E-state index contributed by atoms with van der Waals surface area (Å²) in [5, 5.41) is 0. The number of hydrogen-bond donors (Lipinski definition) is 1. The SMILES string of the molecule is CC(C)N(C)CC1(N)CC1. The van der Waals surface area contributed by atoms with Crippen molar-refractivity contribution in [2.75, 3.05) is 13.6 Å². The van der Waals surface area contributed by atoms with Crippen LogP contribution in [0, 0.1) is 0 Å². The molecule has 1 saturated carbocycles. The van der Waals surface area contributed by atoms with Gasteiger partial charge < -0.3 is 10.6 Å². The van der Waals surface area contributed by atoms with Gasteiger partial charge >= 0.3 is 0 Å². The molecule has 1 fully saturated rings. The lowest BCUT2D eigenvalue weighted by atomic mass is 10.2. The summed E-state index contributed by atoms with van der Waals surface area (Å²) >= 11 is 0. The molecule has 60 valence electrons. The maximum atomic E-state index is 5.94. The van der Waals surface area contributed by atoms with Gasteiger partial charge in [-0.15, -0.1) is 0 Å². The van der Waals surface area contributed by atoms with Gasteiger partial charge in [-0.2, -0.15) is 0 Å². The summed E-state index contributed by atoms with van der Waals surface area (Å²) in [4.78, 5) is 2.31. The summed E-state index contributed by atoms with van der Waals surface area (Å²) in [6.45, 7) is 5.46. The highest BCUT2D eigenvalue weighted by Crippen LogP contribution is 2.32. The van der Waals surface area contributed by atoms with Crippen LogP contribution in [0.25, 0.3) is 0 Å². The van der Waals surface area contributed by atoms with Gasteiger partial charge in [-0.25, -0.2) is 0 Å². The molecule has 0 amide bonds. The largest absolute Gasteiger partial charge is 0.324 e. The van der Waals surface area contributed by atoms with Crippen molar-refractivity contribution in [3.05, 3.63) is 0 Å². The third-order valence-corrected chi connectivity index (χ3v) is 2.34. The Hall–Kier alpha value is -0.0800. The molecule has 0 aliphatic heterocycles. The molecule has 0 spiro atoms. The molecule has 0 heterocycles. The van der Waals surface area contributed by atoms with E-state index in [9.17, 15) is 0 Å². The molecule has 1 aliphatic carbocycles. The minimum Gasteiger partial charge on any atom is -0.324 e. The van der Waals surface area contributed by atoms with E-state index in [0.717, 1.165) is 6.54 Å². The van der Waals surface area contributed by atoms with Crippen LogP contribution >= 0.6 is 0 Å². The topological polar surface area (TPSA) is 29.3 Å². The molecule has 2 nitrogen and oxygen atoms in total. The minimum absolute atomic E-state index is 0.180. The fraction of sp³-hybridized carbons (Fsp3) is 1.00. The normalized spacial score (nSPS) is 22.2. The Kier molecular flexibility index (Phi) is 2.02. The Bertz CT molecular complexity index is 116. The van der Waals surface area contributed by atoms with E-state index in [1.54, 1.807) is 0 Å². The Balaban J connectivity index is 2.24. The van der Waals surface area contributed by atoms with Crippen molar-refractivity contribution in [3.63, 3.8) is 0 Å². The number of nitrogens with zero attached hydrogens (tertiary/aromatic N) is 1. The van der Waals surface area contributed by atoms with Crippen LogP contribution in [-0.2, 0) is 0 Å². The lowest BCUT2D eigenvalue weighted by Gasteiger charge is -2.24. The fourth-order valence-corrected chi connectivity index (χ4v) is 0.998. The molecule has 2 N–H and O–H groups in total. The van der Waals surface area contributed by atoms with E-state index in [-0.39, 0.29) is 5.54 Å². The highest BCUT2D eigenvalue weighted by molar-refractivity contribution is 5.00. The maximum absolute atomic E-state index is 5.94. The molecule has 0 aromatic heterocycles. The van der Waals surface area contributed by atoms with E-state index in [1.807, 2.05) is 0 Å². The van der Waals surface area contributed by atoms with Crippen LogP contribution in [0.15, 0.2) is 0 Å². The second-order valence-corrected chi connectivity index (χ2v) is 3.87. The molecule has 0 saturated heterocycles. The van der Waals surface area contributed by atoms with Crippen LogP contribution in [-0.4, -0.2) is 30.1 Å². The zero-order chi connectivity index (χ0) is 7.78. The monoisotopic (exact) mass is 142 g/mol. The summed E-state index contributed by atoms with van der Waals surface area (Å²) in [7, 11) is 2.14. The molecule has 0 aromatic rings. The summed E-state index contributed by atoms with van der Waals surface area (Å²) < 4.78 is 0. The molecule has 1 aliphatic rings. The van der Waals surface area contributed by atoms with Crippen molar-refractivity contribution in [2.24, 2.45) is 5.73 Å². The fourth-order valence-electron chi connectivity index (χ4n) is 0.998. The van der Waals surface area contributed by atoms with E-state index in [2.05, 4.69) is 25.8 Å². The zero-order valence-electron chi connectivity index (χ0n) is 7.22. The van der Waals surface area contributed by atoms with Gasteiger partial charge in [-0.3, -0.25) is 0 Å². The highest BCUT2D eigenvalue weighted by Gasteiger charge is 2.39. The standard InChI is InChI=1S/C8H18N2/c1-7(2)10(3)6-8(9)4-5-8/h7H,4-6,9H2,1-3H3. The summed E-state index contributed by atoms with van der Waals surface area (Å²) in [6, 6.07) is 0.626. The smallest absolute Gasteiger partial charge is 0.0284 e. The van der Waals surface area contributed by atoms with Gasteiger partial charge in [0.25, 0.3) is 0 Å². The van der Waals surface area contributed by atoms with Crippen molar-refractivity contribution in [3.8, 4) is 0 Å². The second-order valence-electron chi connectivity index (χ2n) is 3.87. The predicted molar refractivity (Wildman–Crippen MR) is 43.9 cm³/mol. The van der Waals surface area contributed by atoms with Crippen molar-refractivity contribution < 1.29 is 0 Å². The lowest BCUT2D eigenvalue weighted by Crippen LogP contribution is -2.40. The molecule has 0 unspecified atom stereocenters. The molecule has 2 heteroatoms. The maximum Gasteiger partial charge on any atom is 0.0284 e. The van der Waals surface area contributed by atoms with E-state index in [4.69, 9.17) is 5.73 Å². The first-order valence-electron chi connectivity index (χ1n) is 4.03. The van der Waals surface area contributed by atoms with E-state index >= 15 is 0 Å². The molecular weight excluding hydrogens is 124 g/mol. The van der Waals surface area contributed by atoms with Crippen LogP contribution < -0.4 is 5.73 Å². The number of rotatable bonds is 3. The van der Waals surface area contributed by atoms with E-state index in [1.165, 1.54) is 12.8 Å². The Morgan fingerprint density at radius 1 is 1.50 bits per heavy atom. The summed E-state index contributed by atoms with van der Waals surface area (Å²) in [5.41, 5.74) is 6.12. The van der Waals surface area contributed by atoms with Gasteiger partial charge in [0.15, 0.2) is 0 Å². The van der Waals surface area contributed by atoms with Crippen molar-refractivity contribution in [1.29, 1.82) is 0 Å². The first kappa shape index (κ1) is 8.02. The Morgan fingerprint density at radius 3 is 2.30 bits per heavy atom. The van der Waals surface area contributed by atoms with Gasteiger partial charge in [-0.1, -0.05) is 0 Å². The van der Waals surface area contributed by atoms with Crippen molar-refractivity contribution in [1.82, 2.24) is 4.90 Å². The van der Waals surface area contributed by atoms with E-state index < -0.39 is 0 Å². The first-order valence-corrected chi connectivity index (χ1v) is 4.03. The first-order chi connectivity index (χ1) is 4.53. The van der Waals surface area contributed by atoms with Gasteiger partial charge in [0.1, 0.15) is 0 Å². The summed E-state index contributed by atoms with van der Waals surface area (Å²) in [6.07, 6.45) is 2.42. The van der Waals surface area contributed by atoms with Crippen molar-refractivity contribution >= 4 is 0 Å². The quantitative estimate of drug-likeness (QED) is 0.632. The third kappa shape index (κ3) is 1.96. The van der Waals surface area contributed by atoms with E-state index in [0.29, 0.717) is 6.04 Å². The average molecular weight is 142 g/mol. The second kappa shape index (κ2) is 2.51. The van der Waals surface area contributed by atoms with Crippen LogP contribution in [0.5, 0.6) is 0 Å². The third-order valence-electron chi connectivity index (χ3n) is 2.34. The number of hydrogen-bond acceptors (Lipinski definition) is 2. The molecule has 0 radical (unpaired) electrons. The van der Waals surface area contributed by atoms with Crippen LogP contribution in [0.1, 0.15) is 26.7 Å². The van der Waals surface area contributed by atoms with Crippen molar-refractivity contribution in [2.45, 2.75) is 38.3 Å². The van der Waals surface area contributed by atoms with Crippen LogP contribution in [0.3, 0.4) is 0 Å². The summed E-state index contributed by atoms with van der Waals surface area (Å²) in [5.74, 6) is 0. The van der Waals surface area contributed by atoms with Gasteiger partial charge in [0.2, 0.25) is 0 Å². The predicted octanol–water partition coefficient (Wildman–Crippen LogP) is 0.818. The van der Waals surface area contributed by atoms with Gasteiger partial charge in [0, 0.05) is 18.1 Å². The molecule has 0 aromatic carbocycles. The molecule has 0 bridgehead atoms. The van der Waals surface area contributed by atoms with Crippen LogP contribution in [0.2, 0.25) is 0 Å². The highest BCUT2D eigenvalue weighted by atomic mass is 15.2. The van der Waals surface area contributed by atoms with Crippen LogP contribution in [0.4, 0.5) is 0 Å². The zero-order valence-corrected chi connectivity index (χ0v) is 7.22. The molecule has 0 atom stereocenters. The molecule has 10 heavy (non-hydrogen) atoms.